The number of hydrogen-bond donors (Lipinski definition) is 3. The third kappa shape index (κ3) is 4.72. The average molecular weight is 648 g/mol. The minimum atomic E-state index is -0.399. The van der Waals surface area contributed by atoms with Crippen molar-refractivity contribution in [3.05, 3.63) is 180 Å². The van der Waals surface area contributed by atoms with E-state index >= 15 is 0 Å². The normalized spacial score (nSPS) is 18.5. The van der Waals surface area contributed by atoms with E-state index in [0.29, 0.717) is 0 Å². The van der Waals surface area contributed by atoms with E-state index < -0.39 is 6.29 Å². The molecule has 0 radical (unpaired) electrons. The molecule has 0 amide bonds. The fraction of sp³-hybridized carbons (Fsp3) is 0.0682. The Morgan fingerprint density at radius 1 is 0.580 bits per heavy atom. The molecule has 6 heteroatoms. The van der Waals surface area contributed by atoms with Crippen molar-refractivity contribution in [2.75, 3.05) is 5.32 Å². The van der Waals surface area contributed by atoms with E-state index in [1.54, 1.807) is 0 Å². The van der Waals surface area contributed by atoms with Crippen LogP contribution in [0.3, 0.4) is 0 Å². The molecule has 8 aromatic rings. The van der Waals surface area contributed by atoms with Crippen LogP contribution in [0, 0.1) is 0 Å². The molecule has 3 unspecified atom stereocenters. The number of benzene rings is 6. The van der Waals surface area contributed by atoms with Crippen molar-refractivity contribution in [2.45, 2.75) is 18.5 Å². The number of anilines is 1. The molecule has 6 aromatic carbocycles. The van der Waals surface area contributed by atoms with Crippen molar-refractivity contribution >= 4 is 50.4 Å². The predicted octanol–water partition coefficient (Wildman–Crippen LogP) is 10.2. The van der Waals surface area contributed by atoms with E-state index in [1.165, 1.54) is 5.56 Å². The number of hydrogen-bond acceptors (Lipinski definition) is 5. The van der Waals surface area contributed by atoms with Gasteiger partial charge in [0.1, 0.15) is 23.2 Å². The number of para-hydroxylation sites is 2. The van der Waals surface area contributed by atoms with Gasteiger partial charge in [-0.1, -0.05) is 140 Å². The smallest absolute Gasteiger partial charge is 0.184 e. The number of furan rings is 1. The number of nitrogens with zero attached hydrogens (tertiary/aromatic N) is 2. The molecule has 0 bridgehead atoms. The first kappa shape index (κ1) is 28.6. The maximum absolute atomic E-state index is 6.15. The maximum atomic E-state index is 6.15. The molecule has 4 heterocycles. The second-order valence-corrected chi connectivity index (χ2v) is 12.9. The van der Waals surface area contributed by atoms with E-state index in [9.17, 15) is 0 Å². The molecular weight excluding hydrogens is 615 g/mol. The van der Waals surface area contributed by atoms with Crippen LogP contribution in [-0.2, 0) is 0 Å². The molecule has 0 saturated carbocycles. The lowest BCUT2D eigenvalue weighted by Gasteiger charge is -2.34. The Bertz CT molecular complexity index is 2580. The second kappa shape index (κ2) is 11.7. The van der Waals surface area contributed by atoms with E-state index in [4.69, 9.17) is 9.41 Å². The van der Waals surface area contributed by atoms with Gasteiger partial charge in [-0.2, -0.15) is 0 Å². The van der Waals surface area contributed by atoms with Crippen LogP contribution in [-0.4, -0.2) is 10.4 Å². The van der Waals surface area contributed by atoms with Crippen LogP contribution in [0.2, 0.25) is 0 Å². The van der Waals surface area contributed by atoms with Gasteiger partial charge in [0.2, 0.25) is 0 Å². The van der Waals surface area contributed by atoms with Crippen molar-refractivity contribution in [1.29, 1.82) is 0 Å². The maximum Gasteiger partial charge on any atom is 0.184 e. The van der Waals surface area contributed by atoms with Gasteiger partial charge in [0.25, 0.3) is 0 Å². The summed E-state index contributed by atoms with van der Waals surface area (Å²) in [5.74, 6) is 0.849. The van der Waals surface area contributed by atoms with Gasteiger partial charge in [0, 0.05) is 27.3 Å². The highest BCUT2D eigenvalue weighted by atomic mass is 16.3. The molecule has 240 valence electrons. The lowest BCUT2D eigenvalue weighted by molar-refractivity contribution is 0.334. The molecule has 0 saturated heterocycles. The summed E-state index contributed by atoms with van der Waals surface area (Å²) in [4.78, 5) is 5.38. The van der Waals surface area contributed by atoms with E-state index in [1.807, 2.05) is 18.2 Å². The zero-order valence-corrected chi connectivity index (χ0v) is 27.1. The SMILES string of the molecule is C1=CC(c2ccc3oc4ccccc4c3c2)Nc2c1n(C1N=C(c3ccccc3)NC(c3ccccc3)N1)c1c(-c3ccccc3)cccc21. The molecule has 2 aliphatic rings. The number of amidine groups is 1. The van der Waals surface area contributed by atoms with E-state index in [0.717, 1.165) is 72.3 Å². The van der Waals surface area contributed by atoms with Gasteiger partial charge < -0.3 is 19.6 Å². The van der Waals surface area contributed by atoms with Gasteiger partial charge in [-0.3, -0.25) is 5.32 Å². The molecule has 3 atom stereocenters. The van der Waals surface area contributed by atoms with Crippen LogP contribution in [0.4, 0.5) is 5.69 Å². The highest BCUT2D eigenvalue weighted by Gasteiger charge is 2.32. The summed E-state index contributed by atoms with van der Waals surface area (Å²) in [7, 11) is 0. The molecule has 6 nitrogen and oxygen atoms in total. The molecule has 50 heavy (non-hydrogen) atoms. The molecule has 3 N–H and O–H groups in total. The van der Waals surface area contributed by atoms with Gasteiger partial charge in [0.15, 0.2) is 6.29 Å². The quantitative estimate of drug-likeness (QED) is 0.174. The Morgan fingerprint density at radius 3 is 2.10 bits per heavy atom. The largest absolute Gasteiger partial charge is 0.456 e. The van der Waals surface area contributed by atoms with E-state index in [2.05, 4.69) is 166 Å². The summed E-state index contributed by atoms with van der Waals surface area (Å²) < 4.78 is 8.52. The van der Waals surface area contributed by atoms with Gasteiger partial charge in [-0.25, -0.2) is 4.99 Å². The Labute approximate surface area is 289 Å². The van der Waals surface area contributed by atoms with E-state index in [-0.39, 0.29) is 12.2 Å². The van der Waals surface area contributed by atoms with Crippen molar-refractivity contribution in [3.8, 4) is 11.1 Å². The highest BCUT2D eigenvalue weighted by molar-refractivity contribution is 6.07. The summed E-state index contributed by atoms with van der Waals surface area (Å²) in [5.41, 5.74) is 10.8. The Morgan fingerprint density at radius 2 is 1.28 bits per heavy atom. The number of nitrogens with one attached hydrogen (secondary N) is 3. The summed E-state index contributed by atoms with van der Waals surface area (Å²) in [5, 5.41) is 14.9. The summed E-state index contributed by atoms with van der Waals surface area (Å²) in [6, 6.07) is 52.9. The van der Waals surface area contributed by atoms with Crippen molar-refractivity contribution in [2.24, 2.45) is 4.99 Å². The van der Waals surface area contributed by atoms with Crippen LogP contribution >= 0.6 is 0 Å². The zero-order chi connectivity index (χ0) is 33.0. The Kier molecular flexibility index (Phi) is 6.67. The Balaban J connectivity index is 1.16. The highest BCUT2D eigenvalue weighted by Crippen LogP contribution is 2.44. The van der Waals surface area contributed by atoms with Crippen LogP contribution in [0.25, 0.3) is 50.0 Å². The van der Waals surface area contributed by atoms with Crippen LogP contribution in [0.5, 0.6) is 0 Å². The molecule has 0 fully saturated rings. The second-order valence-electron chi connectivity index (χ2n) is 12.9. The first-order chi connectivity index (χ1) is 24.8. The lowest BCUT2D eigenvalue weighted by atomic mass is 9.99. The molecule has 10 rings (SSSR count). The van der Waals surface area contributed by atoms with Gasteiger partial charge in [-0.15, -0.1) is 0 Å². The number of fused-ring (bicyclic) bond motifs is 6. The molecule has 0 aliphatic carbocycles. The third-order valence-corrected chi connectivity index (χ3v) is 9.93. The van der Waals surface area contributed by atoms with Crippen LogP contribution in [0.1, 0.15) is 40.9 Å². The van der Waals surface area contributed by atoms with Crippen LogP contribution < -0.4 is 16.0 Å². The Hall–Kier alpha value is -6.37. The van der Waals surface area contributed by atoms with Crippen molar-refractivity contribution in [3.63, 3.8) is 0 Å². The minimum absolute atomic E-state index is 0.0265. The zero-order valence-electron chi connectivity index (χ0n) is 27.1. The first-order valence-electron chi connectivity index (χ1n) is 17.1. The fourth-order valence-electron chi connectivity index (χ4n) is 7.56. The monoisotopic (exact) mass is 647 g/mol. The summed E-state index contributed by atoms with van der Waals surface area (Å²) >= 11 is 0. The van der Waals surface area contributed by atoms with Gasteiger partial charge in [0.05, 0.1) is 22.9 Å². The lowest BCUT2D eigenvalue weighted by Crippen LogP contribution is -2.46. The average Bonchev–Trinajstić information content (AvgIpc) is 3.74. The fourth-order valence-corrected chi connectivity index (χ4v) is 7.56. The van der Waals surface area contributed by atoms with Crippen molar-refractivity contribution < 1.29 is 4.42 Å². The molecular formula is C44H33N5O. The summed E-state index contributed by atoms with van der Waals surface area (Å²) in [6.45, 7) is 0. The standard InChI is InChI=1S/C44H33N5O/c1-4-13-28(14-5-1)32-20-12-21-34-40-37(25-24-36(45-40)31-23-26-39-35(27-31)33-19-10-11-22-38(33)50-39)49(41(32)34)44-47-42(29-15-6-2-7-16-29)46-43(48-44)30-17-8-3-9-18-30/h1-27,36,42,44-45,47H,(H,46,48). The van der Waals surface area contributed by atoms with Crippen molar-refractivity contribution in [1.82, 2.24) is 15.2 Å². The van der Waals surface area contributed by atoms with Gasteiger partial charge in [-0.05, 0) is 41.0 Å². The van der Waals surface area contributed by atoms with Gasteiger partial charge >= 0.3 is 0 Å². The minimum Gasteiger partial charge on any atom is -0.456 e. The molecule has 2 aromatic heterocycles. The van der Waals surface area contributed by atoms with Crippen LogP contribution in [0.15, 0.2) is 167 Å². The topological polar surface area (TPSA) is 66.5 Å². The number of aliphatic imine (C=N–C) groups is 1. The summed E-state index contributed by atoms with van der Waals surface area (Å²) in [6.07, 6.45) is 3.98. The number of aromatic nitrogens is 1. The predicted molar refractivity (Wildman–Crippen MR) is 204 cm³/mol. The third-order valence-electron chi connectivity index (χ3n) is 9.93. The molecule has 2 aliphatic heterocycles. The molecule has 0 spiro atoms. The first-order valence-corrected chi connectivity index (χ1v) is 17.1. The number of rotatable bonds is 5.